The van der Waals surface area contributed by atoms with Gasteiger partial charge in [0.1, 0.15) is 0 Å². The Bertz CT molecular complexity index is 192. The van der Waals surface area contributed by atoms with E-state index in [1.54, 1.807) is 0 Å². The van der Waals surface area contributed by atoms with Gasteiger partial charge in [-0.1, -0.05) is 6.92 Å². The Morgan fingerprint density at radius 2 is 2.38 bits per heavy atom. The molecule has 2 atom stereocenters. The van der Waals surface area contributed by atoms with Gasteiger partial charge in [0, 0.05) is 6.42 Å². The normalized spacial score (nSPS) is 34.2. The lowest BCUT2D eigenvalue weighted by molar-refractivity contribution is -0.283. The highest BCUT2D eigenvalue weighted by atomic mass is 16.7. The van der Waals surface area contributed by atoms with E-state index in [4.69, 9.17) is 9.47 Å². The van der Waals surface area contributed by atoms with E-state index in [1.165, 1.54) is 7.11 Å². The highest BCUT2D eigenvalue weighted by molar-refractivity contribution is 5.74. The van der Waals surface area contributed by atoms with Gasteiger partial charge in [0.2, 0.25) is 0 Å². The van der Waals surface area contributed by atoms with Gasteiger partial charge in [-0.15, -0.1) is 0 Å². The molecule has 1 unspecified atom stereocenters. The first-order valence-corrected chi connectivity index (χ1v) is 4.51. The molecule has 13 heavy (non-hydrogen) atoms. The van der Waals surface area contributed by atoms with Crippen LogP contribution in [-0.4, -0.2) is 31.6 Å². The molecule has 76 valence electrons. The van der Waals surface area contributed by atoms with Crippen molar-refractivity contribution in [2.45, 2.75) is 38.6 Å². The van der Waals surface area contributed by atoms with Crippen LogP contribution in [0.2, 0.25) is 0 Å². The minimum atomic E-state index is -0.628. The maximum atomic E-state index is 11.2. The number of ether oxygens (including phenoxy) is 3. The molecule has 4 heteroatoms. The summed E-state index contributed by atoms with van der Waals surface area (Å²) in [4.78, 5) is 11.2. The molecule has 1 fully saturated rings. The predicted molar refractivity (Wildman–Crippen MR) is 46.2 cm³/mol. The van der Waals surface area contributed by atoms with Gasteiger partial charge < -0.3 is 14.2 Å². The molecule has 0 amide bonds. The second-order valence-electron chi connectivity index (χ2n) is 3.25. The van der Waals surface area contributed by atoms with Crippen molar-refractivity contribution in [3.8, 4) is 0 Å². The van der Waals surface area contributed by atoms with Crippen molar-refractivity contribution in [1.29, 1.82) is 0 Å². The van der Waals surface area contributed by atoms with Crippen LogP contribution in [0.3, 0.4) is 0 Å². The number of hydrogen-bond donors (Lipinski definition) is 0. The highest BCUT2D eigenvalue weighted by Gasteiger charge is 2.36. The molecular formula is C9H16O4. The van der Waals surface area contributed by atoms with Gasteiger partial charge in [0.15, 0.2) is 11.9 Å². The lowest BCUT2D eigenvalue weighted by Crippen LogP contribution is -2.45. The van der Waals surface area contributed by atoms with Gasteiger partial charge in [0.25, 0.3) is 0 Å². The van der Waals surface area contributed by atoms with Crippen LogP contribution in [-0.2, 0) is 19.0 Å². The Labute approximate surface area is 78.2 Å². The first-order chi connectivity index (χ1) is 6.11. The Kier molecular flexibility index (Phi) is 3.27. The van der Waals surface area contributed by atoms with Gasteiger partial charge in [-0.25, -0.2) is 4.79 Å². The van der Waals surface area contributed by atoms with Crippen LogP contribution in [0.4, 0.5) is 0 Å². The maximum absolute atomic E-state index is 11.2. The third-order valence-electron chi connectivity index (χ3n) is 2.29. The summed E-state index contributed by atoms with van der Waals surface area (Å²) in [6.45, 7) is 4.34. The second kappa shape index (κ2) is 4.07. The van der Waals surface area contributed by atoms with Crippen LogP contribution >= 0.6 is 0 Å². The van der Waals surface area contributed by atoms with Crippen molar-refractivity contribution in [1.82, 2.24) is 0 Å². The lowest BCUT2D eigenvalue weighted by atomic mass is 10.1. The van der Waals surface area contributed by atoms with E-state index in [0.717, 1.165) is 6.42 Å². The number of hydrogen-bond acceptors (Lipinski definition) is 4. The van der Waals surface area contributed by atoms with Crippen molar-refractivity contribution in [3.63, 3.8) is 0 Å². The molecule has 0 bridgehead atoms. The number of carbonyl (C=O) groups is 1. The molecule has 1 rings (SSSR count). The van der Waals surface area contributed by atoms with Crippen molar-refractivity contribution in [3.05, 3.63) is 0 Å². The Balaban J connectivity index is 2.56. The van der Waals surface area contributed by atoms with Gasteiger partial charge in [-0.2, -0.15) is 0 Å². The average molecular weight is 188 g/mol. The Morgan fingerprint density at radius 1 is 1.69 bits per heavy atom. The zero-order valence-corrected chi connectivity index (χ0v) is 8.33. The topological polar surface area (TPSA) is 44.8 Å². The predicted octanol–water partition coefficient (Wildman–Crippen LogP) is 1.09. The standard InChI is InChI=1S/C9H16O4/c1-4-9(2)12-6-5-7(13-9)8(10)11-3/h7H,4-6H2,1-3H3/t7-,9?/m1/s1. The fourth-order valence-electron chi connectivity index (χ4n) is 1.26. The molecule has 0 aromatic rings. The summed E-state index contributed by atoms with van der Waals surface area (Å²) in [5.74, 6) is -0.945. The quantitative estimate of drug-likeness (QED) is 0.608. The van der Waals surface area contributed by atoms with Gasteiger partial charge in [-0.05, 0) is 13.3 Å². The van der Waals surface area contributed by atoms with E-state index < -0.39 is 11.9 Å². The van der Waals surface area contributed by atoms with Crippen LogP contribution in [0.25, 0.3) is 0 Å². The molecular weight excluding hydrogens is 172 g/mol. The first-order valence-electron chi connectivity index (χ1n) is 4.51. The molecule has 0 aromatic carbocycles. The zero-order chi connectivity index (χ0) is 9.90. The second-order valence-corrected chi connectivity index (χ2v) is 3.25. The van der Waals surface area contributed by atoms with Crippen molar-refractivity contribution in [2.75, 3.05) is 13.7 Å². The molecule has 1 aliphatic heterocycles. The highest BCUT2D eigenvalue weighted by Crippen LogP contribution is 2.25. The van der Waals surface area contributed by atoms with Crippen molar-refractivity contribution < 1.29 is 19.0 Å². The summed E-state index contributed by atoms with van der Waals surface area (Å²) in [7, 11) is 1.37. The van der Waals surface area contributed by atoms with Crippen LogP contribution < -0.4 is 0 Å². The van der Waals surface area contributed by atoms with Crippen LogP contribution in [0.1, 0.15) is 26.7 Å². The molecule has 1 saturated heterocycles. The molecule has 0 spiro atoms. The fraction of sp³-hybridized carbons (Fsp3) is 0.889. The van der Waals surface area contributed by atoms with Gasteiger partial charge in [-0.3, -0.25) is 0 Å². The summed E-state index contributed by atoms with van der Waals surface area (Å²) in [5, 5.41) is 0. The molecule has 4 nitrogen and oxygen atoms in total. The monoisotopic (exact) mass is 188 g/mol. The molecule has 0 radical (unpaired) electrons. The Hall–Kier alpha value is -0.610. The number of methoxy groups -OCH3 is 1. The maximum Gasteiger partial charge on any atom is 0.335 e. The molecule has 1 heterocycles. The third-order valence-corrected chi connectivity index (χ3v) is 2.29. The van der Waals surface area contributed by atoms with E-state index in [9.17, 15) is 4.79 Å². The number of carbonyl (C=O) groups excluding carboxylic acids is 1. The average Bonchev–Trinajstić information content (AvgIpc) is 2.17. The Morgan fingerprint density at radius 3 is 2.92 bits per heavy atom. The first kappa shape index (κ1) is 10.5. The smallest absolute Gasteiger partial charge is 0.335 e. The molecule has 0 aliphatic carbocycles. The fourth-order valence-corrected chi connectivity index (χ4v) is 1.26. The zero-order valence-electron chi connectivity index (χ0n) is 8.33. The minimum absolute atomic E-state index is 0.317. The van der Waals surface area contributed by atoms with E-state index in [2.05, 4.69) is 4.74 Å². The van der Waals surface area contributed by atoms with E-state index >= 15 is 0 Å². The number of esters is 1. The van der Waals surface area contributed by atoms with Gasteiger partial charge >= 0.3 is 5.97 Å². The molecule has 1 aliphatic rings. The van der Waals surface area contributed by atoms with E-state index in [-0.39, 0.29) is 5.97 Å². The van der Waals surface area contributed by atoms with E-state index in [1.807, 2.05) is 13.8 Å². The van der Waals surface area contributed by atoms with Crippen LogP contribution in [0.15, 0.2) is 0 Å². The summed E-state index contributed by atoms with van der Waals surface area (Å²) in [6.07, 6.45) is 0.826. The molecule has 0 N–H and O–H groups in total. The van der Waals surface area contributed by atoms with Crippen LogP contribution in [0.5, 0.6) is 0 Å². The summed E-state index contributed by atoms with van der Waals surface area (Å²) < 4.78 is 15.5. The summed E-state index contributed by atoms with van der Waals surface area (Å²) in [6, 6.07) is 0. The summed E-state index contributed by atoms with van der Waals surface area (Å²) >= 11 is 0. The van der Waals surface area contributed by atoms with E-state index in [0.29, 0.717) is 13.0 Å². The largest absolute Gasteiger partial charge is 0.467 e. The SMILES string of the molecule is CCC1(C)OCC[C@H](C(=O)OC)O1. The van der Waals surface area contributed by atoms with Crippen LogP contribution in [0, 0.1) is 0 Å². The summed E-state index contributed by atoms with van der Waals surface area (Å²) in [5.41, 5.74) is 0. The molecule has 0 aromatic heterocycles. The minimum Gasteiger partial charge on any atom is -0.467 e. The van der Waals surface area contributed by atoms with Gasteiger partial charge in [0.05, 0.1) is 13.7 Å². The van der Waals surface area contributed by atoms with Crippen molar-refractivity contribution >= 4 is 5.97 Å². The third kappa shape index (κ3) is 2.42. The lowest BCUT2D eigenvalue weighted by Gasteiger charge is -2.36. The molecule has 0 saturated carbocycles. The number of rotatable bonds is 2. The van der Waals surface area contributed by atoms with Crippen molar-refractivity contribution in [2.24, 2.45) is 0 Å².